The van der Waals surface area contributed by atoms with E-state index in [0.29, 0.717) is 6.42 Å². The second-order valence-electron chi connectivity index (χ2n) is 3.51. The van der Waals surface area contributed by atoms with Gasteiger partial charge in [0, 0.05) is 16.9 Å². The van der Waals surface area contributed by atoms with Crippen LogP contribution in [0.1, 0.15) is 24.4 Å². The number of esters is 1. The van der Waals surface area contributed by atoms with Crippen LogP contribution in [0.3, 0.4) is 0 Å². The summed E-state index contributed by atoms with van der Waals surface area (Å²) in [4.78, 5) is 11.1. The molecule has 0 saturated carbocycles. The van der Waals surface area contributed by atoms with Gasteiger partial charge in [-0.3, -0.25) is 4.79 Å². The second-order valence-corrected chi connectivity index (χ2v) is 4.42. The highest BCUT2D eigenvalue weighted by Crippen LogP contribution is 2.20. The van der Waals surface area contributed by atoms with Gasteiger partial charge in [-0.2, -0.15) is 0 Å². The van der Waals surface area contributed by atoms with E-state index in [2.05, 4.69) is 26.0 Å². The van der Waals surface area contributed by atoms with Gasteiger partial charge in [-0.15, -0.1) is 0 Å². The quantitative estimate of drug-likeness (QED) is 0.846. The fourth-order valence-corrected chi connectivity index (χ4v) is 1.80. The molecule has 1 rings (SSSR count). The van der Waals surface area contributed by atoms with Gasteiger partial charge in [0.2, 0.25) is 0 Å². The maximum Gasteiger partial charge on any atom is 0.305 e. The largest absolute Gasteiger partial charge is 0.469 e. The van der Waals surface area contributed by atoms with Gasteiger partial charge in [-0.1, -0.05) is 28.1 Å². The van der Waals surface area contributed by atoms with Gasteiger partial charge in [-0.25, -0.2) is 0 Å². The van der Waals surface area contributed by atoms with E-state index in [-0.39, 0.29) is 12.0 Å². The molecule has 0 aliphatic carbocycles. The number of carbonyl (C=O) groups excluding carboxylic acids is 1. The van der Waals surface area contributed by atoms with E-state index < -0.39 is 0 Å². The molecule has 4 heteroatoms. The lowest BCUT2D eigenvalue weighted by Crippen LogP contribution is -2.17. The van der Waals surface area contributed by atoms with Crippen molar-refractivity contribution >= 4 is 21.9 Å². The summed E-state index contributed by atoms with van der Waals surface area (Å²) in [5.74, 6) is -0.169. The van der Waals surface area contributed by atoms with E-state index in [4.69, 9.17) is 0 Å². The van der Waals surface area contributed by atoms with Gasteiger partial charge < -0.3 is 10.1 Å². The van der Waals surface area contributed by atoms with Crippen LogP contribution < -0.4 is 5.32 Å². The topological polar surface area (TPSA) is 38.3 Å². The minimum atomic E-state index is -0.169. The first kappa shape index (κ1) is 13.2. The molecule has 1 atom stereocenters. The van der Waals surface area contributed by atoms with Crippen LogP contribution in [-0.4, -0.2) is 20.1 Å². The molecule has 0 amide bonds. The molecule has 16 heavy (non-hydrogen) atoms. The molecule has 0 aliphatic heterocycles. The van der Waals surface area contributed by atoms with Crippen LogP contribution in [0.25, 0.3) is 0 Å². The van der Waals surface area contributed by atoms with Gasteiger partial charge in [-0.05, 0) is 31.2 Å². The standard InChI is InChI=1S/C12H16BrNO2/c1-14-11(7-8-12(15)16-2)9-3-5-10(13)6-4-9/h3-6,11,14H,7-8H2,1-2H3. The summed E-state index contributed by atoms with van der Waals surface area (Å²) in [7, 11) is 3.31. The molecule has 0 heterocycles. The molecule has 0 fully saturated rings. The second kappa shape index (κ2) is 6.66. The van der Waals surface area contributed by atoms with Crippen molar-refractivity contribution in [2.24, 2.45) is 0 Å². The number of halogens is 1. The summed E-state index contributed by atoms with van der Waals surface area (Å²) in [6.07, 6.45) is 1.17. The molecule has 88 valence electrons. The average Bonchev–Trinajstić information content (AvgIpc) is 2.31. The van der Waals surface area contributed by atoms with E-state index in [1.807, 2.05) is 31.3 Å². The Bertz CT molecular complexity index is 337. The Labute approximate surface area is 104 Å². The van der Waals surface area contributed by atoms with E-state index in [0.717, 1.165) is 10.9 Å². The van der Waals surface area contributed by atoms with Crippen LogP contribution in [0.4, 0.5) is 0 Å². The maximum absolute atomic E-state index is 11.1. The minimum absolute atomic E-state index is 0.169. The molecule has 0 saturated heterocycles. The Kier molecular flexibility index (Phi) is 5.49. The third-order valence-electron chi connectivity index (χ3n) is 2.49. The summed E-state index contributed by atoms with van der Waals surface area (Å²) in [6.45, 7) is 0. The third-order valence-corrected chi connectivity index (χ3v) is 3.01. The lowest BCUT2D eigenvalue weighted by Gasteiger charge is -2.15. The number of hydrogen-bond donors (Lipinski definition) is 1. The number of rotatable bonds is 5. The Morgan fingerprint density at radius 2 is 2.06 bits per heavy atom. The van der Waals surface area contributed by atoms with Gasteiger partial charge in [0.25, 0.3) is 0 Å². The molecule has 1 aromatic carbocycles. The number of hydrogen-bond acceptors (Lipinski definition) is 3. The maximum atomic E-state index is 11.1. The summed E-state index contributed by atoms with van der Waals surface area (Å²) in [5, 5.41) is 3.19. The SMILES string of the molecule is CNC(CCC(=O)OC)c1ccc(Br)cc1. The van der Waals surface area contributed by atoms with Gasteiger partial charge >= 0.3 is 5.97 Å². The molecule has 3 nitrogen and oxygen atoms in total. The van der Waals surface area contributed by atoms with E-state index >= 15 is 0 Å². The number of carbonyl (C=O) groups is 1. The van der Waals surface area contributed by atoms with Crippen LogP contribution in [0.15, 0.2) is 28.7 Å². The molecule has 0 spiro atoms. The molecule has 0 bridgehead atoms. The van der Waals surface area contributed by atoms with Crippen molar-refractivity contribution in [3.63, 3.8) is 0 Å². The molecule has 1 unspecified atom stereocenters. The Hall–Kier alpha value is -0.870. The highest BCUT2D eigenvalue weighted by Gasteiger charge is 2.11. The molecule has 0 aromatic heterocycles. The van der Waals surface area contributed by atoms with Crippen molar-refractivity contribution in [1.82, 2.24) is 5.32 Å². The zero-order chi connectivity index (χ0) is 12.0. The molecule has 0 aliphatic rings. The highest BCUT2D eigenvalue weighted by molar-refractivity contribution is 9.10. The first-order valence-corrected chi connectivity index (χ1v) is 5.96. The fourth-order valence-electron chi connectivity index (χ4n) is 1.54. The Morgan fingerprint density at radius 3 is 2.56 bits per heavy atom. The molecule has 0 radical (unpaired) electrons. The van der Waals surface area contributed by atoms with E-state index in [9.17, 15) is 4.79 Å². The van der Waals surface area contributed by atoms with Crippen molar-refractivity contribution in [3.05, 3.63) is 34.3 Å². The zero-order valence-electron chi connectivity index (χ0n) is 9.50. The zero-order valence-corrected chi connectivity index (χ0v) is 11.1. The molecular weight excluding hydrogens is 270 g/mol. The Balaban J connectivity index is 2.60. The summed E-state index contributed by atoms with van der Waals surface area (Å²) in [6, 6.07) is 8.27. The smallest absolute Gasteiger partial charge is 0.305 e. The predicted molar refractivity (Wildman–Crippen MR) is 67.2 cm³/mol. The summed E-state index contributed by atoms with van der Waals surface area (Å²) < 4.78 is 5.68. The van der Waals surface area contributed by atoms with Crippen molar-refractivity contribution in [2.45, 2.75) is 18.9 Å². The van der Waals surface area contributed by atoms with Crippen molar-refractivity contribution in [1.29, 1.82) is 0 Å². The normalized spacial score (nSPS) is 12.2. The van der Waals surface area contributed by atoms with Crippen LogP contribution in [0, 0.1) is 0 Å². The van der Waals surface area contributed by atoms with Crippen molar-refractivity contribution < 1.29 is 9.53 Å². The first-order chi connectivity index (χ1) is 7.67. The van der Waals surface area contributed by atoms with E-state index in [1.54, 1.807) is 0 Å². The van der Waals surface area contributed by atoms with Crippen molar-refractivity contribution in [3.8, 4) is 0 Å². The number of ether oxygens (including phenoxy) is 1. The molecule has 1 N–H and O–H groups in total. The van der Waals surface area contributed by atoms with E-state index in [1.165, 1.54) is 12.7 Å². The average molecular weight is 286 g/mol. The minimum Gasteiger partial charge on any atom is -0.469 e. The van der Waals surface area contributed by atoms with Gasteiger partial charge in [0.05, 0.1) is 7.11 Å². The van der Waals surface area contributed by atoms with Crippen LogP contribution in [0.5, 0.6) is 0 Å². The third kappa shape index (κ3) is 3.94. The lowest BCUT2D eigenvalue weighted by molar-refractivity contribution is -0.140. The number of nitrogens with one attached hydrogen (secondary N) is 1. The monoisotopic (exact) mass is 285 g/mol. The molecular formula is C12H16BrNO2. The van der Waals surface area contributed by atoms with Crippen LogP contribution in [0.2, 0.25) is 0 Å². The van der Waals surface area contributed by atoms with Crippen molar-refractivity contribution in [2.75, 3.05) is 14.2 Å². The van der Waals surface area contributed by atoms with Gasteiger partial charge in [0.15, 0.2) is 0 Å². The van der Waals surface area contributed by atoms with Gasteiger partial charge in [0.1, 0.15) is 0 Å². The predicted octanol–water partition coefficient (Wildman–Crippen LogP) is 2.66. The summed E-state index contributed by atoms with van der Waals surface area (Å²) >= 11 is 3.40. The lowest BCUT2D eigenvalue weighted by atomic mass is 10.0. The Morgan fingerprint density at radius 1 is 1.44 bits per heavy atom. The summed E-state index contributed by atoms with van der Waals surface area (Å²) in [5.41, 5.74) is 1.18. The highest BCUT2D eigenvalue weighted by atomic mass is 79.9. The molecule has 1 aromatic rings. The first-order valence-electron chi connectivity index (χ1n) is 5.17. The van der Waals surface area contributed by atoms with Crippen LogP contribution >= 0.6 is 15.9 Å². The fraction of sp³-hybridized carbons (Fsp3) is 0.417. The number of benzene rings is 1. The van der Waals surface area contributed by atoms with Crippen LogP contribution in [-0.2, 0) is 9.53 Å². The number of methoxy groups -OCH3 is 1.